The van der Waals surface area contributed by atoms with Crippen molar-refractivity contribution in [1.29, 1.82) is 0 Å². The second-order valence-corrected chi connectivity index (χ2v) is 6.69. The molecule has 1 aromatic heterocycles. The molecule has 0 radical (unpaired) electrons. The van der Waals surface area contributed by atoms with E-state index in [2.05, 4.69) is 45.3 Å². The van der Waals surface area contributed by atoms with E-state index in [-0.39, 0.29) is 0 Å². The van der Waals surface area contributed by atoms with E-state index in [1.807, 2.05) is 12.1 Å². The molecule has 3 rings (SSSR count). The summed E-state index contributed by atoms with van der Waals surface area (Å²) in [6.45, 7) is 5.32. The van der Waals surface area contributed by atoms with Gasteiger partial charge in [-0.05, 0) is 42.9 Å². The molecule has 1 saturated heterocycles. The first-order chi connectivity index (χ1) is 11.2. The van der Waals surface area contributed by atoms with Crippen LogP contribution in [0.5, 0.6) is 0 Å². The second kappa shape index (κ2) is 7.64. The first-order valence-corrected chi connectivity index (χ1v) is 8.64. The van der Waals surface area contributed by atoms with Crippen LogP contribution in [0.1, 0.15) is 25.3 Å². The lowest BCUT2D eigenvalue weighted by atomic mass is 10.0. The molecule has 4 nitrogen and oxygen atoms in total. The van der Waals surface area contributed by atoms with Gasteiger partial charge in [-0.25, -0.2) is 9.97 Å². The van der Waals surface area contributed by atoms with Crippen LogP contribution in [-0.2, 0) is 6.42 Å². The highest BCUT2D eigenvalue weighted by Gasteiger charge is 2.17. The van der Waals surface area contributed by atoms with Crippen molar-refractivity contribution in [3.63, 3.8) is 0 Å². The van der Waals surface area contributed by atoms with Crippen molar-refractivity contribution in [3.8, 4) is 0 Å². The maximum absolute atomic E-state index is 5.91. The number of nitrogens with zero attached hydrogens (tertiary/aromatic N) is 3. The van der Waals surface area contributed by atoms with Gasteiger partial charge in [0.25, 0.3) is 0 Å². The summed E-state index contributed by atoms with van der Waals surface area (Å²) < 4.78 is 0. The fraction of sp³-hybridized carbons (Fsp3) is 0.444. The van der Waals surface area contributed by atoms with Crippen molar-refractivity contribution in [2.24, 2.45) is 5.92 Å². The number of hydrogen-bond acceptors (Lipinski definition) is 4. The Balaban J connectivity index is 1.56. The Labute approximate surface area is 142 Å². The van der Waals surface area contributed by atoms with Crippen LogP contribution in [0, 0.1) is 5.92 Å². The Morgan fingerprint density at radius 2 is 2.09 bits per heavy atom. The Kier molecular flexibility index (Phi) is 5.34. The van der Waals surface area contributed by atoms with E-state index < -0.39 is 0 Å². The molecule has 1 N–H and O–H groups in total. The minimum absolute atomic E-state index is 0.736. The molecule has 122 valence electrons. The number of hydrogen-bond donors (Lipinski definition) is 1. The summed E-state index contributed by atoms with van der Waals surface area (Å²) in [5.74, 6) is 2.66. The molecule has 0 amide bonds. The normalized spacial score (nSPS) is 18.0. The first-order valence-electron chi connectivity index (χ1n) is 8.26. The van der Waals surface area contributed by atoms with E-state index in [0.717, 1.165) is 48.6 Å². The molecule has 0 aliphatic carbocycles. The van der Waals surface area contributed by atoms with Gasteiger partial charge in [-0.1, -0.05) is 30.7 Å². The van der Waals surface area contributed by atoms with Crippen LogP contribution < -0.4 is 10.2 Å². The third kappa shape index (κ3) is 4.58. The molecule has 1 unspecified atom stereocenters. The zero-order valence-electron chi connectivity index (χ0n) is 13.5. The van der Waals surface area contributed by atoms with Gasteiger partial charge in [-0.3, -0.25) is 0 Å². The zero-order chi connectivity index (χ0) is 16.1. The van der Waals surface area contributed by atoms with Crippen molar-refractivity contribution in [3.05, 3.63) is 47.2 Å². The van der Waals surface area contributed by atoms with Gasteiger partial charge in [0.15, 0.2) is 0 Å². The third-order valence-electron chi connectivity index (χ3n) is 4.27. The van der Waals surface area contributed by atoms with Crippen molar-refractivity contribution < 1.29 is 0 Å². The monoisotopic (exact) mass is 330 g/mol. The van der Waals surface area contributed by atoms with Crippen LogP contribution in [0.4, 0.5) is 11.6 Å². The minimum Gasteiger partial charge on any atom is -0.370 e. The Morgan fingerprint density at radius 3 is 2.87 bits per heavy atom. The number of anilines is 2. The molecule has 0 bridgehead atoms. The summed E-state index contributed by atoms with van der Waals surface area (Å²) >= 11 is 5.91. The average Bonchev–Trinajstić information content (AvgIpc) is 2.57. The van der Waals surface area contributed by atoms with Crippen LogP contribution in [0.2, 0.25) is 5.02 Å². The van der Waals surface area contributed by atoms with Crippen LogP contribution in [0.3, 0.4) is 0 Å². The van der Waals surface area contributed by atoms with Gasteiger partial charge in [-0.15, -0.1) is 0 Å². The van der Waals surface area contributed by atoms with E-state index in [0.29, 0.717) is 0 Å². The van der Waals surface area contributed by atoms with Gasteiger partial charge >= 0.3 is 0 Å². The molecule has 0 spiro atoms. The second-order valence-electron chi connectivity index (χ2n) is 6.26. The van der Waals surface area contributed by atoms with Crippen molar-refractivity contribution in [2.45, 2.75) is 26.2 Å². The smallest absolute Gasteiger partial charge is 0.134 e. The summed E-state index contributed by atoms with van der Waals surface area (Å²) in [4.78, 5) is 11.1. The first kappa shape index (κ1) is 16.1. The SMILES string of the molecule is CC1CCCN(c2cc(NCCc3ccc(Cl)cc3)ncn2)C1. The topological polar surface area (TPSA) is 41.0 Å². The van der Waals surface area contributed by atoms with Crippen LogP contribution >= 0.6 is 11.6 Å². The molecule has 2 aromatic rings. The standard InChI is InChI=1S/C18H23ClN4/c1-14-3-2-10-23(12-14)18-11-17(21-13-22-18)20-9-8-15-4-6-16(19)7-5-15/h4-7,11,13-14H,2-3,8-10,12H2,1H3,(H,20,21,22). The Morgan fingerprint density at radius 1 is 1.26 bits per heavy atom. The molecule has 0 saturated carbocycles. The number of rotatable bonds is 5. The summed E-state index contributed by atoms with van der Waals surface area (Å²) in [6.07, 6.45) is 5.15. The van der Waals surface area contributed by atoms with E-state index in [1.54, 1.807) is 6.33 Å². The average molecular weight is 331 g/mol. The molecule has 1 atom stereocenters. The number of piperidine rings is 1. The van der Waals surface area contributed by atoms with Gasteiger partial charge in [0, 0.05) is 30.7 Å². The number of halogens is 1. The lowest BCUT2D eigenvalue weighted by Crippen LogP contribution is -2.34. The Bertz CT molecular complexity index is 629. The van der Waals surface area contributed by atoms with E-state index in [9.17, 15) is 0 Å². The van der Waals surface area contributed by atoms with Gasteiger partial charge in [0.1, 0.15) is 18.0 Å². The summed E-state index contributed by atoms with van der Waals surface area (Å²) in [6, 6.07) is 10.0. The maximum Gasteiger partial charge on any atom is 0.134 e. The molecular weight excluding hydrogens is 308 g/mol. The highest BCUT2D eigenvalue weighted by atomic mass is 35.5. The van der Waals surface area contributed by atoms with Crippen molar-refractivity contribution in [2.75, 3.05) is 29.9 Å². The van der Waals surface area contributed by atoms with Gasteiger partial charge in [0.2, 0.25) is 0 Å². The number of nitrogens with one attached hydrogen (secondary N) is 1. The Hall–Kier alpha value is -1.81. The van der Waals surface area contributed by atoms with E-state index in [1.165, 1.54) is 18.4 Å². The van der Waals surface area contributed by atoms with Crippen LogP contribution in [-0.4, -0.2) is 29.6 Å². The van der Waals surface area contributed by atoms with Crippen LogP contribution in [0.15, 0.2) is 36.7 Å². The summed E-state index contributed by atoms with van der Waals surface area (Å²) in [5.41, 5.74) is 1.26. The largest absolute Gasteiger partial charge is 0.370 e. The molecule has 1 aliphatic rings. The molecular formula is C18H23ClN4. The fourth-order valence-corrected chi connectivity index (χ4v) is 3.13. The fourth-order valence-electron chi connectivity index (χ4n) is 3.00. The zero-order valence-corrected chi connectivity index (χ0v) is 14.3. The number of aromatic nitrogens is 2. The predicted octanol–water partition coefficient (Wildman–Crippen LogP) is 4.02. The molecule has 5 heteroatoms. The van der Waals surface area contributed by atoms with Crippen molar-refractivity contribution in [1.82, 2.24) is 9.97 Å². The molecule has 1 aromatic carbocycles. The molecule has 23 heavy (non-hydrogen) atoms. The van der Waals surface area contributed by atoms with Gasteiger partial charge in [0.05, 0.1) is 0 Å². The molecule has 2 heterocycles. The number of benzene rings is 1. The minimum atomic E-state index is 0.736. The predicted molar refractivity (Wildman–Crippen MR) is 96.3 cm³/mol. The van der Waals surface area contributed by atoms with Crippen molar-refractivity contribution >= 4 is 23.2 Å². The van der Waals surface area contributed by atoms with Gasteiger partial charge < -0.3 is 10.2 Å². The lowest BCUT2D eigenvalue weighted by Gasteiger charge is -2.31. The summed E-state index contributed by atoms with van der Waals surface area (Å²) in [5, 5.41) is 4.16. The van der Waals surface area contributed by atoms with Crippen LogP contribution in [0.25, 0.3) is 0 Å². The van der Waals surface area contributed by atoms with Gasteiger partial charge in [-0.2, -0.15) is 0 Å². The highest BCUT2D eigenvalue weighted by Crippen LogP contribution is 2.22. The summed E-state index contributed by atoms with van der Waals surface area (Å²) in [7, 11) is 0. The molecule has 1 aliphatic heterocycles. The lowest BCUT2D eigenvalue weighted by molar-refractivity contribution is 0.444. The van der Waals surface area contributed by atoms with E-state index in [4.69, 9.17) is 11.6 Å². The highest BCUT2D eigenvalue weighted by molar-refractivity contribution is 6.30. The quantitative estimate of drug-likeness (QED) is 0.899. The third-order valence-corrected chi connectivity index (χ3v) is 4.52. The molecule has 1 fully saturated rings. The maximum atomic E-state index is 5.91. The van der Waals surface area contributed by atoms with E-state index >= 15 is 0 Å².